The Bertz CT molecular complexity index is 973. The lowest BCUT2D eigenvalue weighted by molar-refractivity contribution is 0.0945. The van der Waals surface area contributed by atoms with Crippen LogP contribution in [0.4, 0.5) is 0 Å². The molecule has 1 N–H and O–H groups in total. The summed E-state index contributed by atoms with van der Waals surface area (Å²) in [5.41, 5.74) is 1.06. The SMILES string of the molecule is O=C(NCCc1nnc2ccccn12)c1cc(-c2cccs2)on1. The van der Waals surface area contributed by atoms with Crippen LogP contribution in [0.5, 0.6) is 0 Å². The van der Waals surface area contributed by atoms with Crippen LogP contribution in [-0.4, -0.2) is 32.2 Å². The Kier molecular flexibility index (Phi) is 3.80. The Hall–Kier alpha value is -3.00. The maximum atomic E-state index is 12.1. The van der Waals surface area contributed by atoms with Gasteiger partial charge in [-0.2, -0.15) is 0 Å². The number of thiophene rings is 1. The number of carbonyl (C=O) groups is 1. The molecule has 1 amide bonds. The largest absolute Gasteiger partial charge is 0.355 e. The highest BCUT2D eigenvalue weighted by molar-refractivity contribution is 7.13. The second kappa shape index (κ2) is 6.25. The van der Waals surface area contributed by atoms with Crippen molar-refractivity contribution < 1.29 is 9.32 Å². The minimum absolute atomic E-state index is 0.268. The quantitative estimate of drug-likeness (QED) is 0.603. The summed E-state index contributed by atoms with van der Waals surface area (Å²) >= 11 is 1.53. The number of hydrogen-bond donors (Lipinski definition) is 1. The molecule has 0 saturated carbocycles. The smallest absolute Gasteiger partial charge is 0.273 e. The van der Waals surface area contributed by atoms with Gasteiger partial charge in [0.25, 0.3) is 5.91 Å². The fourth-order valence-electron chi connectivity index (χ4n) is 2.36. The maximum absolute atomic E-state index is 12.1. The predicted octanol–water partition coefficient (Wildman–Crippen LogP) is 2.42. The number of pyridine rings is 1. The van der Waals surface area contributed by atoms with Crippen molar-refractivity contribution in [3.63, 3.8) is 0 Å². The van der Waals surface area contributed by atoms with Gasteiger partial charge in [0.05, 0.1) is 4.88 Å². The Morgan fingerprint density at radius 1 is 1.25 bits per heavy atom. The molecule has 0 unspecified atom stereocenters. The van der Waals surface area contributed by atoms with Gasteiger partial charge in [-0.25, -0.2) is 0 Å². The molecule has 4 heterocycles. The standard InChI is InChI=1S/C16H13N5O2S/c22-16(11-10-12(23-20-11)13-4-3-9-24-13)17-7-6-15-19-18-14-5-1-2-8-21(14)15/h1-5,8-10H,6-7H2,(H,17,22). The Labute approximate surface area is 140 Å². The average molecular weight is 339 g/mol. The first-order chi connectivity index (χ1) is 11.8. The summed E-state index contributed by atoms with van der Waals surface area (Å²) in [5, 5.41) is 16.8. The van der Waals surface area contributed by atoms with Gasteiger partial charge in [-0.05, 0) is 23.6 Å². The second-order valence-corrected chi connectivity index (χ2v) is 6.05. The number of nitrogens with one attached hydrogen (secondary N) is 1. The van der Waals surface area contributed by atoms with E-state index in [0.717, 1.165) is 16.3 Å². The van der Waals surface area contributed by atoms with Gasteiger partial charge in [0, 0.05) is 25.2 Å². The third-order valence-electron chi connectivity index (χ3n) is 3.53. The van der Waals surface area contributed by atoms with Crippen LogP contribution in [0, 0.1) is 0 Å². The van der Waals surface area contributed by atoms with Gasteiger partial charge in [-0.15, -0.1) is 21.5 Å². The lowest BCUT2D eigenvalue weighted by atomic mass is 10.3. The zero-order valence-electron chi connectivity index (χ0n) is 12.5. The van der Waals surface area contributed by atoms with Crippen molar-refractivity contribution in [2.45, 2.75) is 6.42 Å². The molecule has 120 valence electrons. The lowest BCUT2D eigenvalue weighted by Crippen LogP contribution is -2.26. The molecule has 4 aromatic heterocycles. The molecule has 0 aliphatic rings. The normalized spacial score (nSPS) is 11.0. The van der Waals surface area contributed by atoms with Crippen LogP contribution >= 0.6 is 11.3 Å². The molecular weight excluding hydrogens is 326 g/mol. The summed E-state index contributed by atoms with van der Waals surface area (Å²) in [4.78, 5) is 13.1. The van der Waals surface area contributed by atoms with Crippen molar-refractivity contribution in [2.75, 3.05) is 6.54 Å². The van der Waals surface area contributed by atoms with E-state index in [1.807, 2.05) is 46.3 Å². The summed E-state index contributed by atoms with van der Waals surface area (Å²) in [5.74, 6) is 1.12. The molecule has 0 aliphatic carbocycles. The van der Waals surface area contributed by atoms with Crippen LogP contribution in [0.2, 0.25) is 0 Å². The van der Waals surface area contributed by atoms with Crippen LogP contribution in [-0.2, 0) is 6.42 Å². The minimum atomic E-state index is -0.268. The monoisotopic (exact) mass is 339 g/mol. The summed E-state index contributed by atoms with van der Waals surface area (Å²) in [6.07, 6.45) is 2.48. The van der Waals surface area contributed by atoms with E-state index in [-0.39, 0.29) is 11.6 Å². The predicted molar refractivity (Wildman–Crippen MR) is 88.8 cm³/mol. The highest BCUT2D eigenvalue weighted by Gasteiger charge is 2.14. The first kappa shape index (κ1) is 14.6. The summed E-state index contributed by atoms with van der Waals surface area (Å²) in [6.45, 7) is 0.440. The van der Waals surface area contributed by atoms with Gasteiger partial charge >= 0.3 is 0 Å². The lowest BCUT2D eigenvalue weighted by Gasteiger charge is -2.01. The van der Waals surface area contributed by atoms with E-state index in [4.69, 9.17) is 4.52 Å². The molecule has 0 aliphatic heterocycles. The molecule has 0 atom stereocenters. The van der Waals surface area contributed by atoms with E-state index < -0.39 is 0 Å². The molecule has 0 bridgehead atoms. The van der Waals surface area contributed by atoms with Crippen LogP contribution in [0.15, 0.2) is 52.5 Å². The van der Waals surface area contributed by atoms with Crippen LogP contribution < -0.4 is 5.32 Å². The van der Waals surface area contributed by atoms with E-state index in [1.54, 1.807) is 6.07 Å². The number of aromatic nitrogens is 4. The van der Waals surface area contributed by atoms with Crippen LogP contribution in [0.3, 0.4) is 0 Å². The molecule has 0 spiro atoms. The van der Waals surface area contributed by atoms with Crippen molar-refractivity contribution in [1.29, 1.82) is 0 Å². The molecule has 0 aromatic carbocycles. The van der Waals surface area contributed by atoms with Crippen molar-refractivity contribution in [3.8, 4) is 10.6 Å². The molecule has 0 radical (unpaired) electrons. The summed E-state index contributed by atoms with van der Waals surface area (Å²) < 4.78 is 7.11. The van der Waals surface area contributed by atoms with E-state index in [1.165, 1.54) is 11.3 Å². The van der Waals surface area contributed by atoms with Gasteiger partial charge in [0.1, 0.15) is 5.82 Å². The van der Waals surface area contributed by atoms with Crippen molar-refractivity contribution in [3.05, 3.63) is 59.5 Å². The molecule has 24 heavy (non-hydrogen) atoms. The van der Waals surface area contributed by atoms with Gasteiger partial charge in [-0.1, -0.05) is 17.3 Å². The molecule has 8 heteroatoms. The number of rotatable bonds is 5. The first-order valence-corrected chi connectivity index (χ1v) is 8.27. The number of nitrogens with zero attached hydrogens (tertiary/aromatic N) is 4. The third kappa shape index (κ3) is 2.79. The van der Waals surface area contributed by atoms with Gasteiger partial charge in [0.15, 0.2) is 17.1 Å². The Morgan fingerprint density at radius 2 is 2.21 bits per heavy atom. The molecule has 4 rings (SSSR count). The van der Waals surface area contributed by atoms with E-state index in [0.29, 0.717) is 18.7 Å². The number of amides is 1. The summed E-state index contributed by atoms with van der Waals surface area (Å²) in [7, 11) is 0. The van der Waals surface area contributed by atoms with E-state index >= 15 is 0 Å². The average Bonchev–Trinajstić information content (AvgIpc) is 3.35. The second-order valence-electron chi connectivity index (χ2n) is 5.10. The van der Waals surface area contributed by atoms with Crippen LogP contribution in [0.1, 0.15) is 16.3 Å². The van der Waals surface area contributed by atoms with Crippen molar-refractivity contribution in [1.82, 2.24) is 25.1 Å². The zero-order chi connectivity index (χ0) is 16.4. The number of fused-ring (bicyclic) bond motifs is 1. The number of hydrogen-bond acceptors (Lipinski definition) is 6. The topological polar surface area (TPSA) is 85.3 Å². The Morgan fingerprint density at radius 3 is 3.08 bits per heavy atom. The van der Waals surface area contributed by atoms with Crippen molar-refractivity contribution in [2.24, 2.45) is 0 Å². The number of carbonyl (C=O) groups excluding carboxylic acids is 1. The van der Waals surface area contributed by atoms with E-state index in [9.17, 15) is 4.79 Å². The van der Waals surface area contributed by atoms with Gasteiger partial charge in [-0.3, -0.25) is 9.20 Å². The third-order valence-corrected chi connectivity index (χ3v) is 4.41. The Balaban J connectivity index is 1.38. The molecule has 0 saturated heterocycles. The molecule has 7 nitrogen and oxygen atoms in total. The van der Waals surface area contributed by atoms with Gasteiger partial charge < -0.3 is 9.84 Å². The summed E-state index contributed by atoms with van der Waals surface area (Å²) in [6, 6.07) is 11.2. The van der Waals surface area contributed by atoms with Gasteiger partial charge in [0.2, 0.25) is 0 Å². The van der Waals surface area contributed by atoms with E-state index in [2.05, 4.69) is 20.7 Å². The highest BCUT2D eigenvalue weighted by Crippen LogP contribution is 2.24. The minimum Gasteiger partial charge on any atom is -0.355 e. The molecular formula is C16H13N5O2S. The maximum Gasteiger partial charge on any atom is 0.273 e. The fraction of sp³-hybridized carbons (Fsp3) is 0.125. The van der Waals surface area contributed by atoms with Crippen molar-refractivity contribution >= 4 is 22.9 Å². The van der Waals surface area contributed by atoms with Crippen LogP contribution in [0.25, 0.3) is 16.3 Å². The fourth-order valence-corrected chi connectivity index (χ4v) is 3.03. The molecule has 0 fully saturated rings. The first-order valence-electron chi connectivity index (χ1n) is 7.39. The molecule has 4 aromatic rings. The highest BCUT2D eigenvalue weighted by atomic mass is 32.1. The zero-order valence-corrected chi connectivity index (χ0v) is 13.4.